The maximum absolute atomic E-state index is 9.23. The fourth-order valence-corrected chi connectivity index (χ4v) is 1.81. The molecule has 4 nitrogen and oxygen atoms in total. The molecule has 3 N–H and O–H groups in total. The molecule has 0 amide bonds. The van der Waals surface area contributed by atoms with Crippen LogP contribution < -0.4 is 15.2 Å². The van der Waals surface area contributed by atoms with E-state index in [2.05, 4.69) is 0 Å². The minimum absolute atomic E-state index is 0.0466. The van der Waals surface area contributed by atoms with Gasteiger partial charge in [0, 0.05) is 22.9 Å². The van der Waals surface area contributed by atoms with Gasteiger partial charge in [0.15, 0.2) is 0 Å². The molecule has 0 unspecified atom stereocenters. The van der Waals surface area contributed by atoms with Crippen LogP contribution in [0.15, 0.2) is 42.5 Å². The highest BCUT2D eigenvalue weighted by atomic mass is 16.5. The Kier molecular flexibility index (Phi) is 4.26. The zero-order chi connectivity index (χ0) is 13.7. The SMILES string of the molecule is COc1cc(N)ccc1COc1ccccc1CO. The van der Waals surface area contributed by atoms with Gasteiger partial charge in [-0.3, -0.25) is 0 Å². The molecule has 0 aliphatic carbocycles. The van der Waals surface area contributed by atoms with E-state index in [0.29, 0.717) is 23.8 Å². The number of nitrogen functional groups attached to an aromatic ring is 1. The van der Waals surface area contributed by atoms with E-state index in [4.69, 9.17) is 15.2 Å². The molecule has 4 heteroatoms. The lowest BCUT2D eigenvalue weighted by atomic mass is 10.2. The van der Waals surface area contributed by atoms with Gasteiger partial charge in [-0.25, -0.2) is 0 Å². The Labute approximate surface area is 112 Å². The molecule has 2 aromatic carbocycles. The zero-order valence-electron chi connectivity index (χ0n) is 10.8. The normalized spacial score (nSPS) is 10.2. The number of methoxy groups -OCH3 is 1. The van der Waals surface area contributed by atoms with Crippen LogP contribution in [0, 0.1) is 0 Å². The smallest absolute Gasteiger partial charge is 0.127 e. The van der Waals surface area contributed by atoms with E-state index in [-0.39, 0.29) is 6.61 Å². The highest BCUT2D eigenvalue weighted by molar-refractivity contribution is 5.48. The first kappa shape index (κ1) is 13.2. The van der Waals surface area contributed by atoms with Gasteiger partial charge in [-0.1, -0.05) is 18.2 Å². The molecule has 0 saturated heterocycles. The summed E-state index contributed by atoms with van der Waals surface area (Å²) in [6.45, 7) is 0.315. The molecular formula is C15H17NO3. The quantitative estimate of drug-likeness (QED) is 0.809. The van der Waals surface area contributed by atoms with E-state index in [1.807, 2.05) is 30.3 Å². The highest BCUT2D eigenvalue weighted by Crippen LogP contribution is 2.24. The van der Waals surface area contributed by atoms with Crippen molar-refractivity contribution >= 4 is 5.69 Å². The van der Waals surface area contributed by atoms with Gasteiger partial charge in [0.2, 0.25) is 0 Å². The minimum atomic E-state index is -0.0466. The van der Waals surface area contributed by atoms with Gasteiger partial charge in [0.1, 0.15) is 18.1 Å². The second kappa shape index (κ2) is 6.11. The van der Waals surface area contributed by atoms with Gasteiger partial charge in [0.05, 0.1) is 13.7 Å². The van der Waals surface area contributed by atoms with Crippen molar-refractivity contribution < 1.29 is 14.6 Å². The number of benzene rings is 2. The van der Waals surface area contributed by atoms with Crippen LogP contribution in [-0.2, 0) is 13.2 Å². The van der Waals surface area contributed by atoms with Gasteiger partial charge in [-0.05, 0) is 18.2 Å². The van der Waals surface area contributed by atoms with Crippen molar-refractivity contribution in [2.75, 3.05) is 12.8 Å². The predicted octanol–water partition coefficient (Wildman–Crippen LogP) is 2.35. The molecule has 2 aromatic rings. The minimum Gasteiger partial charge on any atom is -0.496 e. The molecule has 0 heterocycles. The van der Waals surface area contributed by atoms with E-state index in [1.54, 1.807) is 19.2 Å². The third-order valence-corrected chi connectivity index (χ3v) is 2.84. The van der Waals surface area contributed by atoms with Crippen LogP contribution in [0.2, 0.25) is 0 Å². The number of hydrogen-bond acceptors (Lipinski definition) is 4. The molecule has 0 atom stereocenters. The first-order chi connectivity index (χ1) is 9.24. The molecule has 0 aromatic heterocycles. The Morgan fingerprint density at radius 3 is 2.58 bits per heavy atom. The Hall–Kier alpha value is -2.20. The number of aliphatic hydroxyl groups is 1. The lowest BCUT2D eigenvalue weighted by molar-refractivity contribution is 0.257. The second-order valence-electron chi connectivity index (χ2n) is 4.13. The van der Waals surface area contributed by atoms with Crippen molar-refractivity contribution in [1.82, 2.24) is 0 Å². The van der Waals surface area contributed by atoms with E-state index in [1.165, 1.54) is 0 Å². The van der Waals surface area contributed by atoms with E-state index >= 15 is 0 Å². The monoisotopic (exact) mass is 259 g/mol. The second-order valence-corrected chi connectivity index (χ2v) is 4.13. The Balaban J connectivity index is 2.14. The number of para-hydroxylation sites is 1. The molecule has 0 saturated carbocycles. The standard InChI is InChI=1S/C15H17NO3/c1-18-15-8-13(16)7-6-12(15)10-19-14-5-3-2-4-11(14)9-17/h2-8,17H,9-10,16H2,1H3. The van der Waals surface area contributed by atoms with Crippen molar-refractivity contribution in [3.8, 4) is 11.5 Å². The molecule has 0 aliphatic rings. The summed E-state index contributed by atoms with van der Waals surface area (Å²) < 4.78 is 11.0. The lowest BCUT2D eigenvalue weighted by Crippen LogP contribution is -2.01. The molecule has 0 radical (unpaired) electrons. The van der Waals surface area contributed by atoms with Gasteiger partial charge >= 0.3 is 0 Å². The molecule has 100 valence electrons. The third-order valence-electron chi connectivity index (χ3n) is 2.84. The first-order valence-corrected chi connectivity index (χ1v) is 5.98. The van der Waals surface area contributed by atoms with E-state index < -0.39 is 0 Å². The summed E-state index contributed by atoms with van der Waals surface area (Å²) in [4.78, 5) is 0. The average Bonchev–Trinajstić information content (AvgIpc) is 2.46. The maximum Gasteiger partial charge on any atom is 0.127 e. The van der Waals surface area contributed by atoms with Crippen LogP contribution >= 0.6 is 0 Å². The Morgan fingerprint density at radius 1 is 1.05 bits per heavy atom. The van der Waals surface area contributed by atoms with Crippen molar-refractivity contribution in [3.63, 3.8) is 0 Å². The van der Waals surface area contributed by atoms with Gasteiger partial charge < -0.3 is 20.3 Å². The molecule has 2 rings (SSSR count). The highest BCUT2D eigenvalue weighted by Gasteiger charge is 2.06. The number of rotatable bonds is 5. The topological polar surface area (TPSA) is 64.7 Å². The number of nitrogens with two attached hydrogens (primary N) is 1. The van der Waals surface area contributed by atoms with Gasteiger partial charge in [-0.15, -0.1) is 0 Å². The summed E-state index contributed by atoms with van der Waals surface area (Å²) in [5.41, 5.74) is 8.02. The van der Waals surface area contributed by atoms with Crippen LogP contribution in [0.3, 0.4) is 0 Å². The summed E-state index contributed by atoms with van der Waals surface area (Å²) in [6, 6.07) is 12.8. The largest absolute Gasteiger partial charge is 0.496 e. The van der Waals surface area contributed by atoms with Crippen LogP contribution in [0.4, 0.5) is 5.69 Å². The van der Waals surface area contributed by atoms with Gasteiger partial charge in [-0.2, -0.15) is 0 Å². The Bertz CT molecular complexity index is 555. The summed E-state index contributed by atoms with van der Waals surface area (Å²) in [7, 11) is 1.60. The zero-order valence-corrected chi connectivity index (χ0v) is 10.8. The first-order valence-electron chi connectivity index (χ1n) is 5.98. The van der Waals surface area contributed by atoms with Crippen molar-refractivity contribution in [2.45, 2.75) is 13.2 Å². The van der Waals surface area contributed by atoms with Crippen LogP contribution in [0.5, 0.6) is 11.5 Å². The summed E-state index contributed by atoms with van der Waals surface area (Å²) in [5, 5.41) is 9.23. The molecule has 0 bridgehead atoms. The van der Waals surface area contributed by atoms with Crippen molar-refractivity contribution in [3.05, 3.63) is 53.6 Å². The van der Waals surface area contributed by atoms with Crippen LogP contribution in [0.1, 0.15) is 11.1 Å². The average molecular weight is 259 g/mol. The lowest BCUT2D eigenvalue weighted by Gasteiger charge is -2.12. The number of hydrogen-bond donors (Lipinski definition) is 2. The van der Waals surface area contributed by atoms with Gasteiger partial charge in [0.25, 0.3) is 0 Å². The molecular weight excluding hydrogens is 242 g/mol. The van der Waals surface area contributed by atoms with E-state index in [9.17, 15) is 5.11 Å². The molecule has 0 fully saturated rings. The fourth-order valence-electron chi connectivity index (χ4n) is 1.81. The number of aliphatic hydroxyl groups excluding tert-OH is 1. The van der Waals surface area contributed by atoms with Crippen molar-refractivity contribution in [1.29, 1.82) is 0 Å². The third kappa shape index (κ3) is 3.17. The number of ether oxygens (including phenoxy) is 2. The molecule has 0 aliphatic heterocycles. The summed E-state index contributed by atoms with van der Waals surface area (Å²) in [6.07, 6.45) is 0. The van der Waals surface area contributed by atoms with E-state index in [0.717, 1.165) is 11.1 Å². The Morgan fingerprint density at radius 2 is 1.84 bits per heavy atom. The molecule has 0 spiro atoms. The molecule has 19 heavy (non-hydrogen) atoms. The fraction of sp³-hybridized carbons (Fsp3) is 0.200. The van der Waals surface area contributed by atoms with Crippen LogP contribution in [0.25, 0.3) is 0 Å². The number of anilines is 1. The van der Waals surface area contributed by atoms with Crippen molar-refractivity contribution in [2.24, 2.45) is 0 Å². The predicted molar refractivity (Wildman–Crippen MR) is 74.1 cm³/mol. The van der Waals surface area contributed by atoms with Crippen LogP contribution in [-0.4, -0.2) is 12.2 Å². The maximum atomic E-state index is 9.23. The summed E-state index contributed by atoms with van der Waals surface area (Å²) >= 11 is 0. The summed E-state index contributed by atoms with van der Waals surface area (Å²) in [5.74, 6) is 1.37.